The molecule has 0 N–H and O–H groups in total. The molecule has 0 saturated heterocycles. The lowest BCUT2D eigenvalue weighted by atomic mass is 9.36. The van der Waals surface area contributed by atoms with Crippen molar-refractivity contribution in [3.8, 4) is 0 Å². The molecule has 7 unspecified atom stereocenters. The molecule has 2 fully saturated rings. The molecule has 2 saturated carbocycles. The van der Waals surface area contributed by atoms with Gasteiger partial charge in [0.1, 0.15) is 0 Å². The summed E-state index contributed by atoms with van der Waals surface area (Å²) in [5.74, 6) is 3.57. The number of rotatable bonds is 11. The van der Waals surface area contributed by atoms with Crippen LogP contribution in [0.25, 0.3) is 0 Å². The van der Waals surface area contributed by atoms with Crippen molar-refractivity contribution in [2.45, 2.75) is 121 Å². The number of hydrogen-bond acceptors (Lipinski definition) is 0. The largest absolute Gasteiger partial charge is 0.0654 e. The molecule has 26 heavy (non-hydrogen) atoms. The van der Waals surface area contributed by atoms with Crippen molar-refractivity contribution < 1.29 is 0 Å². The van der Waals surface area contributed by atoms with Crippen LogP contribution >= 0.6 is 0 Å². The molecule has 0 aliphatic heterocycles. The van der Waals surface area contributed by atoms with E-state index in [-0.39, 0.29) is 0 Å². The zero-order valence-corrected chi connectivity index (χ0v) is 20.0. The Hall–Kier alpha value is 0. The van der Waals surface area contributed by atoms with Gasteiger partial charge >= 0.3 is 0 Å². The zero-order chi connectivity index (χ0) is 20.0. The van der Waals surface area contributed by atoms with Crippen molar-refractivity contribution in [1.29, 1.82) is 0 Å². The molecule has 2 aliphatic carbocycles. The topological polar surface area (TPSA) is 0 Å². The second kappa shape index (κ2) is 7.44. The smallest absolute Gasteiger partial charge is 0.0145 e. The van der Waals surface area contributed by atoms with Crippen LogP contribution in [0.2, 0.25) is 0 Å². The first-order valence-electron chi connectivity index (χ1n) is 12.3. The molecule has 0 heteroatoms. The van der Waals surface area contributed by atoms with Crippen molar-refractivity contribution in [1.82, 2.24) is 0 Å². The van der Waals surface area contributed by atoms with E-state index in [0.29, 0.717) is 21.7 Å². The van der Waals surface area contributed by atoms with E-state index in [1.165, 1.54) is 51.4 Å². The molecule has 0 aromatic heterocycles. The van der Waals surface area contributed by atoms with Crippen molar-refractivity contribution in [3.63, 3.8) is 0 Å². The molecule has 0 spiro atoms. The first-order chi connectivity index (χ1) is 12.3. The highest BCUT2D eigenvalue weighted by molar-refractivity contribution is 5.38. The maximum atomic E-state index is 2.66. The summed E-state index contributed by atoms with van der Waals surface area (Å²) in [6.07, 6.45) is 11.0. The first-order valence-corrected chi connectivity index (χ1v) is 12.3. The van der Waals surface area contributed by atoms with Crippen LogP contribution < -0.4 is 0 Å². The SMILES string of the molecule is CCCC(C)C(CC)(CC)C(CC)C1(CC)C(C)C2(CC)C(C)C12CC. The van der Waals surface area contributed by atoms with Gasteiger partial charge in [0, 0.05) is 0 Å². The van der Waals surface area contributed by atoms with Gasteiger partial charge in [-0.2, -0.15) is 0 Å². The fraction of sp³-hybridized carbons (Fsp3) is 1.00. The first kappa shape index (κ1) is 22.3. The van der Waals surface area contributed by atoms with Crippen molar-refractivity contribution in [2.75, 3.05) is 0 Å². The maximum Gasteiger partial charge on any atom is -0.0145 e. The third-order valence-electron chi connectivity index (χ3n) is 11.1. The minimum absolute atomic E-state index is 0.527. The van der Waals surface area contributed by atoms with E-state index in [1.807, 2.05) is 0 Å². The lowest BCUT2D eigenvalue weighted by molar-refractivity contribution is -0.205. The average Bonchev–Trinajstić information content (AvgIpc) is 3.16. The normalized spacial score (nSPS) is 41.3. The Labute approximate surface area is 166 Å². The summed E-state index contributed by atoms with van der Waals surface area (Å²) in [5, 5.41) is 0. The number of hydrogen-bond donors (Lipinski definition) is 0. The fourth-order valence-corrected chi connectivity index (χ4v) is 10.4. The Morgan fingerprint density at radius 1 is 0.808 bits per heavy atom. The van der Waals surface area contributed by atoms with Crippen molar-refractivity contribution >= 4 is 0 Å². The molecule has 0 heterocycles. The molecule has 154 valence electrons. The van der Waals surface area contributed by atoms with Crippen LogP contribution in [-0.2, 0) is 0 Å². The Kier molecular flexibility index (Phi) is 6.38. The maximum absolute atomic E-state index is 2.66. The average molecular weight is 363 g/mol. The van der Waals surface area contributed by atoms with E-state index >= 15 is 0 Å². The van der Waals surface area contributed by atoms with E-state index in [1.54, 1.807) is 0 Å². The summed E-state index contributed by atoms with van der Waals surface area (Å²) < 4.78 is 0. The summed E-state index contributed by atoms with van der Waals surface area (Å²) in [4.78, 5) is 0. The lowest BCUT2D eigenvalue weighted by Gasteiger charge is -2.68. The van der Waals surface area contributed by atoms with Gasteiger partial charge in [-0.3, -0.25) is 0 Å². The minimum Gasteiger partial charge on any atom is -0.0654 e. The van der Waals surface area contributed by atoms with Gasteiger partial charge in [-0.15, -0.1) is 0 Å². The van der Waals surface area contributed by atoms with Gasteiger partial charge in [0.05, 0.1) is 0 Å². The van der Waals surface area contributed by atoms with Crippen molar-refractivity contribution in [3.05, 3.63) is 0 Å². The van der Waals surface area contributed by atoms with E-state index in [9.17, 15) is 0 Å². The van der Waals surface area contributed by atoms with E-state index in [2.05, 4.69) is 69.2 Å². The summed E-state index contributed by atoms with van der Waals surface area (Å²) in [6.45, 7) is 25.3. The van der Waals surface area contributed by atoms with Crippen LogP contribution in [0, 0.1) is 45.3 Å². The summed E-state index contributed by atoms with van der Waals surface area (Å²) in [5.41, 5.74) is 2.39. The van der Waals surface area contributed by atoms with Gasteiger partial charge in [-0.1, -0.05) is 88.5 Å². The molecule has 2 rings (SSSR count). The van der Waals surface area contributed by atoms with E-state index in [0.717, 1.165) is 23.7 Å². The summed E-state index contributed by atoms with van der Waals surface area (Å²) >= 11 is 0. The van der Waals surface area contributed by atoms with E-state index < -0.39 is 0 Å². The monoisotopic (exact) mass is 362 g/mol. The molecular weight excluding hydrogens is 312 g/mol. The Morgan fingerprint density at radius 3 is 1.69 bits per heavy atom. The lowest BCUT2D eigenvalue weighted by Crippen LogP contribution is -2.62. The van der Waals surface area contributed by atoms with Crippen LogP contribution in [0.1, 0.15) is 121 Å². The van der Waals surface area contributed by atoms with Gasteiger partial charge in [0.25, 0.3) is 0 Å². The molecule has 0 aromatic rings. The second-order valence-corrected chi connectivity index (χ2v) is 10.1. The second-order valence-electron chi connectivity index (χ2n) is 10.1. The van der Waals surface area contributed by atoms with Crippen LogP contribution in [-0.4, -0.2) is 0 Å². The Bertz CT molecular complexity index is 474. The summed E-state index contributed by atoms with van der Waals surface area (Å²) in [6, 6.07) is 0. The van der Waals surface area contributed by atoms with Crippen LogP contribution in [0.5, 0.6) is 0 Å². The number of fused-ring (bicyclic) bond motifs is 1. The highest BCUT2D eigenvalue weighted by atomic mass is 15.0. The quantitative estimate of drug-likeness (QED) is 0.344. The molecule has 0 aromatic carbocycles. The molecular formula is C26H50. The third-order valence-corrected chi connectivity index (χ3v) is 11.1. The van der Waals surface area contributed by atoms with Gasteiger partial charge in [-0.25, -0.2) is 0 Å². The molecule has 0 radical (unpaired) electrons. The Morgan fingerprint density at radius 2 is 1.38 bits per heavy atom. The third kappa shape index (κ3) is 2.09. The standard InChI is InChI=1S/C26H50/c1-11-18-19(8)23(13-3,14-4)22(12-2)25(16-6)20(9)24(15-5)21(10)26(24,25)17-7/h19-22H,11-18H2,1-10H3. The van der Waals surface area contributed by atoms with Gasteiger partial charge < -0.3 is 0 Å². The fourth-order valence-electron chi connectivity index (χ4n) is 10.4. The highest BCUT2D eigenvalue weighted by Gasteiger charge is 2.92. The zero-order valence-electron chi connectivity index (χ0n) is 20.0. The molecule has 2 aliphatic rings. The Balaban J connectivity index is 2.59. The van der Waals surface area contributed by atoms with Crippen LogP contribution in [0.4, 0.5) is 0 Å². The predicted molar refractivity (Wildman–Crippen MR) is 117 cm³/mol. The molecule has 0 bridgehead atoms. The van der Waals surface area contributed by atoms with E-state index in [4.69, 9.17) is 0 Å². The van der Waals surface area contributed by atoms with Crippen molar-refractivity contribution in [2.24, 2.45) is 45.3 Å². The molecule has 0 nitrogen and oxygen atoms in total. The van der Waals surface area contributed by atoms with Crippen LogP contribution in [0.15, 0.2) is 0 Å². The van der Waals surface area contributed by atoms with Crippen LogP contribution in [0.3, 0.4) is 0 Å². The van der Waals surface area contributed by atoms with Gasteiger partial charge in [0.2, 0.25) is 0 Å². The van der Waals surface area contributed by atoms with Gasteiger partial charge in [-0.05, 0) is 77.4 Å². The predicted octanol–water partition coefficient (Wildman–Crippen LogP) is 8.74. The van der Waals surface area contributed by atoms with Gasteiger partial charge in [0.15, 0.2) is 0 Å². The molecule has 0 amide bonds. The molecule has 7 atom stereocenters. The minimum atomic E-state index is 0.527. The highest BCUT2D eigenvalue weighted by Crippen LogP contribution is 2.96. The summed E-state index contributed by atoms with van der Waals surface area (Å²) in [7, 11) is 0.